The number of carbonyl (C=O) groups is 7. The number of ketones is 3. The molecule has 0 saturated heterocycles. The van der Waals surface area contributed by atoms with E-state index in [4.69, 9.17) is 28.3 Å². The molecule has 23 heteroatoms. The van der Waals surface area contributed by atoms with Crippen LogP contribution in [0.2, 0.25) is 0 Å². The first-order valence-electron chi connectivity index (χ1n) is 26.7. The van der Waals surface area contributed by atoms with Gasteiger partial charge in [0, 0.05) is 76.3 Å². The maximum Gasteiger partial charge on any atom is 2.00 e. The van der Waals surface area contributed by atoms with Crippen LogP contribution in [0.25, 0.3) is 0 Å². The molecule has 2 amide bonds. The summed E-state index contributed by atoms with van der Waals surface area (Å²) in [6.45, 7) is 13.0. The van der Waals surface area contributed by atoms with Crippen molar-refractivity contribution in [3.8, 4) is 23.0 Å². The smallest absolute Gasteiger partial charge is 1.00 e. The van der Waals surface area contributed by atoms with Crippen LogP contribution in [0.4, 0.5) is 34.1 Å². The Morgan fingerprint density at radius 1 is 0.473 bits per heavy atom. The molecule has 8 aromatic carbocycles. The molecule has 3 N–H and O–H groups in total. The van der Waals surface area contributed by atoms with Crippen LogP contribution in [-0.2, 0) is 48.4 Å². The van der Waals surface area contributed by atoms with Crippen LogP contribution in [0.15, 0.2) is 194 Å². The summed E-state index contributed by atoms with van der Waals surface area (Å²) < 4.78 is 29.7. The first-order valence-corrected chi connectivity index (χ1v) is 29.8. The molecular weight excluding hydrogens is 1330 g/mol. The van der Waals surface area contributed by atoms with Gasteiger partial charge in [0.1, 0.15) is 23.0 Å². The number of aryl methyl sites for hydroxylation is 4. The number of aliphatic hydroxyl groups is 1. The summed E-state index contributed by atoms with van der Waals surface area (Å²) in [7, 11) is 13.8. The third-order valence-electron chi connectivity index (χ3n) is 11.9. The Kier molecular flexibility index (Phi) is 39.9. The molecule has 0 aliphatic heterocycles. The number of methoxy groups -OCH3 is 4. The average Bonchev–Trinajstić information content (AvgIpc) is 1.19. The molecule has 0 bridgehead atoms. The van der Waals surface area contributed by atoms with Crippen LogP contribution in [0, 0.1) is 33.8 Å². The fraction of sp³-hybridized carbons (Fsp3) is 0.191. The minimum atomic E-state index is -1.74. The monoisotopic (exact) mass is 1390 g/mol. The summed E-state index contributed by atoms with van der Waals surface area (Å²) in [4.78, 5) is 78.3. The molecule has 0 aliphatic rings. The van der Waals surface area contributed by atoms with Gasteiger partial charge in [-0.05, 0) is 166 Å². The van der Waals surface area contributed by atoms with Crippen molar-refractivity contribution in [3.05, 3.63) is 228 Å². The molecule has 478 valence electrons. The van der Waals surface area contributed by atoms with E-state index in [2.05, 4.69) is 82.5 Å². The standard InChI is InChI=1S/C24H25NO4.C17H17NO3.C14H15NO.C7H7.C3H3ClO2.C3H4O3.BrH.Cl2OS.Mg/c1-17-5-9-19(10-6-17)25(20-11-15-22(29-4)16-12-20)23(26)24(2,27)18-7-13-21(28-3)14-8-18;1-12-4-6-14(7-5-12)18(17(20)13(2)19)15-8-10-16(21-3)11-9-15;1-11-3-5-12(6-4-11)15-13-7-9-14(16-2)10-8-13;1-7-5-3-2-4-6-7;1-2(5)3(4)6;1-2(4)3(5)6;;1-4(2)3;/h5-16,27H,1-4H3;4-11H,1-3H3;3-10,15H,1-2H3;3-6H,1H3;1H3;1H3,(H,5,6);1H;;/q;;;-1;;;;;+2/p-1. The quantitative estimate of drug-likeness (QED) is 0.0375. The largest absolute Gasteiger partial charge is 2.00 e. The zero-order chi connectivity index (χ0) is 66.8. The van der Waals surface area contributed by atoms with E-state index in [1.54, 1.807) is 101 Å². The summed E-state index contributed by atoms with van der Waals surface area (Å²) in [5.41, 5.74) is 8.20. The van der Waals surface area contributed by atoms with Gasteiger partial charge < -0.3 is 51.5 Å². The third kappa shape index (κ3) is 31.1. The number of carboxylic acids is 1. The molecule has 0 heterocycles. The number of hydrogen-bond acceptors (Lipinski definition) is 14. The van der Waals surface area contributed by atoms with Gasteiger partial charge >= 0.3 is 29.0 Å². The van der Waals surface area contributed by atoms with Crippen molar-refractivity contribution in [3.63, 3.8) is 0 Å². The van der Waals surface area contributed by atoms with Gasteiger partial charge in [-0.15, -0.1) is 0 Å². The number of Topliss-reactive ketones (excluding diaryl/α,β-unsaturated/α-hetero) is 3. The van der Waals surface area contributed by atoms with E-state index < -0.39 is 55.2 Å². The zero-order valence-electron chi connectivity index (χ0n) is 52.3. The second kappa shape index (κ2) is 43.7. The van der Waals surface area contributed by atoms with Crippen molar-refractivity contribution in [1.82, 2.24) is 0 Å². The van der Waals surface area contributed by atoms with Gasteiger partial charge in [-0.2, -0.15) is 35.9 Å². The van der Waals surface area contributed by atoms with Crippen LogP contribution in [-0.4, -0.2) is 106 Å². The maximum atomic E-state index is 13.6. The average molecular weight is 1400 g/mol. The number of benzene rings is 8. The van der Waals surface area contributed by atoms with Gasteiger partial charge in [-0.3, -0.25) is 38.6 Å². The number of nitrogens with zero attached hydrogens (tertiary/aromatic N) is 2. The first kappa shape index (κ1) is 83.1. The Balaban J connectivity index is 0.00000115. The second-order valence-electron chi connectivity index (χ2n) is 18.9. The Hall–Kier alpha value is -7.92. The molecule has 0 radical (unpaired) electrons. The molecule has 17 nitrogen and oxygen atoms in total. The number of aliphatic carboxylic acids is 1. The fourth-order valence-electron chi connectivity index (χ4n) is 6.98. The number of amides is 2. The summed E-state index contributed by atoms with van der Waals surface area (Å²) in [6, 6.07) is 63.0. The topological polar surface area (TPSA) is 232 Å². The number of anilines is 6. The summed E-state index contributed by atoms with van der Waals surface area (Å²) in [5.74, 6) is -1.45. The first-order chi connectivity index (χ1) is 42.1. The van der Waals surface area contributed by atoms with E-state index in [1.165, 1.54) is 34.8 Å². The summed E-state index contributed by atoms with van der Waals surface area (Å²) in [5, 5.41) is 21.3. The van der Waals surface area contributed by atoms with Gasteiger partial charge in [0.2, 0.25) is 26.6 Å². The van der Waals surface area contributed by atoms with Gasteiger partial charge in [0.25, 0.3) is 17.1 Å². The Morgan fingerprint density at radius 3 is 0.989 bits per heavy atom. The molecule has 0 aromatic heterocycles. The molecule has 0 aliphatic carbocycles. The van der Waals surface area contributed by atoms with Gasteiger partial charge in [0.05, 0.1) is 28.4 Å². The Labute approximate surface area is 574 Å². The van der Waals surface area contributed by atoms with Crippen LogP contribution in [0.3, 0.4) is 0 Å². The van der Waals surface area contributed by atoms with Crippen molar-refractivity contribution in [2.75, 3.05) is 43.6 Å². The van der Waals surface area contributed by atoms with E-state index in [0.29, 0.717) is 45.6 Å². The minimum Gasteiger partial charge on any atom is -1.00 e. The van der Waals surface area contributed by atoms with Crippen molar-refractivity contribution < 1.29 is 83.9 Å². The molecule has 8 aromatic rings. The van der Waals surface area contributed by atoms with E-state index in [-0.39, 0.29) is 40.0 Å². The van der Waals surface area contributed by atoms with Gasteiger partial charge in [0.15, 0.2) is 5.60 Å². The van der Waals surface area contributed by atoms with Crippen molar-refractivity contribution in [1.29, 1.82) is 0 Å². The van der Waals surface area contributed by atoms with Crippen LogP contribution < -0.4 is 51.0 Å². The number of rotatable bonds is 15. The van der Waals surface area contributed by atoms with Gasteiger partial charge in [-0.1, -0.05) is 72.1 Å². The van der Waals surface area contributed by atoms with Crippen LogP contribution in [0.5, 0.6) is 23.0 Å². The van der Waals surface area contributed by atoms with Crippen molar-refractivity contribution >= 4 is 140 Å². The van der Waals surface area contributed by atoms with E-state index in [0.717, 1.165) is 42.1 Å². The van der Waals surface area contributed by atoms with E-state index >= 15 is 0 Å². The second-order valence-corrected chi connectivity index (χ2v) is 21.7. The molecule has 91 heavy (non-hydrogen) atoms. The summed E-state index contributed by atoms with van der Waals surface area (Å²) >= 11 is 4.62. The molecule has 0 saturated carbocycles. The van der Waals surface area contributed by atoms with Crippen molar-refractivity contribution in [2.45, 2.75) is 61.0 Å². The predicted molar refractivity (Wildman–Crippen MR) is 359 cm³/mol. The number of hydrogen-bond donors (Lipinski definition) is 3. The number of ether oxygens (including phenoxy) is 4. The summed E-state index contributed by atoms with van der Waals surface area (Å²) in [6.07, 6.45) is 0. The molecular formula is C68H71BrCl3MgN3O14S. The fourth-order valence-corrected chi connectivity index (χ4v) is 6.98. The maximum absolute atomic E-state index is 13.6. The Bertz CT molecular complexity index is 3490. The molecule has 8 rings (SSSR count). The van der Waals surface area contributed by atoms with Crippen LogP contribution in [0.1, 0.15) is 55.5 Å². The number of carbonyl (C=O) groups excluding carboxylic acids is 6. The minimum absolute atomic E-state index is 0. The molecule has 0 fully saturated rings. The number of nitrogens with one attached hydrogen (secondary N) is 1. The Morgan fingerprint density at radius 2 is 0.725 bits per heavy atom. The predicted octanol–water partition coefficient (Wildman–Crippen LogP) is 11.1. The third-order valence-corrected chi connectivity index (χ3v) is 12.2. The van der Waals surface area contributed by atoms with E-state index in [9.17, 15) is 38.7 Å². The number of carboxylic acid groups (broad SMARTS) is 1. The zero-order valence-corrected chi connectivity index (χ0v) is 58.4. The molecule has 1 atom stereocenters. The number of halogens is 4. The normalized spacial score (nSPS) is 10.2. The molecule has 0 spiro atoms. The van der Waals surface area contributed by atoms with Gasteiger partial charge in [-0.25, -0.2) is 9.00 Å². The van der Waals surface area contributed by atoms with Crippen LogP contribution >= 0.6 is 33.0 Å². The molecule has 1 unspecified atom stereocenters. The SMILES string of the molecule is CC(=O)C(=O)Cl.CC(=O)C(=O)O.COc1ccc(N(C(=O)C(C)(O)c2ccc(OC)cc2)c2ccc(C)cc2)cc1.COc1ccc(N(C(=O)C(C)=O)c2ccc(C)cc2)cc1.COc1ccc(Nc2ccc(C)cc2)cc1.Cc1cc[c-]cc1.O=S(Cl)Cl.[Br-].[Mg+2]. The van der Waals surface area contributed by atoms with Crippen molar-refractivity contribution in [2.24, 2.45) is 0 Å². The van der Waals surface area contributed by atoms with E-state index in [1.807, 2.05) is 111 Å².